The fourth-order valence-electron chi connectivity index (χ4n) is 9.36. The summed E-state index contributed by atoms with van der Waals surface area (Å²) in [5, 5.41) is 34.3. The second-order valence-corrected chi connectivity index (χ2v) is 17.4. The highest BCUT2D eigenvalue weighted by atomic mass is 19.1. The number of anilines is 1. The van der Waals surface area contributed by atoms with E-state index in [4.69, 9.17) is 29.4 Å². The number of esters is 1. The zero-order valence-electron chi connectivity index (χ0n) is 36.7. The number of aromatic nitrogens is 4. The van der Waals surface area contributed by atoms with Gasteiger partial charge in [0, 0.05) is 38.2 Å². The number of ketones is 1. The number of unbranched alkanes of at least 4 members (excludes halogenated alkanes) is 1. The van der Waals surface area contributed by atoms with E-state index in [0.717, 1.165) is 6.92 Å². The van der Waals surface area contributed by atoms with E-state index in [1.807, 2.05) is 13.8 Å². The average Bonchev–Trinajstić information content (AvgIpc) is 3.76. The van der Waals surface area contributed by atoms with Crippen molar-refractivity contribution in [2.45, 2.75) is 165 Å². The molecule has 0 bridgehead atoms. The standard InChI is InChI=1S/C41H65FN8O10/c1-12-28-41(8)33(50(38(55)60-41)19-14-13-18-49-21-27(46-47-49)26-16-15-17-29(43)45-26)24(4)44-22(2)20-39(6,56-11)35(23(3)34(53)40(7,42)37(54)58-28)59-36-32(52)30(48(9)10)31(51)25(5)57-36/h15-17,21-25,28,30-33,35-36,44,51-52H,12-14,18-20H2,1-11H3,(H2,43,45)/t22-,23+,24-,25-,28-,30+,31-,32-,33-,35-,36+,39+,40+,41-/m1/s1. The second kappa shape index (κ2) is 18.6. The largest absolute Gasteiger partial charge is 0.455 e. The number of aliphatic hydroxyl groups is 2. The Balaban J connectivity index is 1.43. The number of methoxy groups -OCH3 is 1. The molecule has 0 aromatic carbocycles. The highest BCUT2D eigenvalue weighted by Gasteiger charge is 2.61. The lowest BCUT2D eigenvalue weighted by Gasteiger charge is -2.48. The molecule has 18 nitrogen and oxygen atoms in total. The number of hydrogen-bond acceptors (Lipinski definition) is 16. The van der Waals surface area contributed by atoms with E-state index in [1.54, 1.807) is 80.7 Å². The molecule has 0 radical (unpaired) electrons. The molecule has 5 heterocycles. The lowest BCUT2D eigenvalue weighted by Crippen LogP contribution is -2.65. The highest BCUT2D eigenvalue weighted by Crippen LogP contribution is 2.41. The van der Waals surface area contributed by atoms with Gasteiger partial charge in [-0.05, 0) is 93.5 Å². The van der Waals surface area contributed by atoms with Gasteiger partial charge in [-0.1, -0.05) is 25.1 Å². The monoisotopic (exact) mass is 848 g/mol. The van der Waals surface area contributed by atoms with Gasteiger partial charge in [-0.3, -0.25) is 14.4 Å². The van der Waals surface area contributed by atoms with E-state index >= 15 is 4.39 Å². The smallest absolute Gasteiger partial charge is 0.410 e. The van der Waals surface area contributed by atoms with Crippen molar-refractivity contribution in [3.63, 3.8) is 0 Å². The molecule has 3 saturated heterocycles. The maximum atomic E-state index is 16.9. The number of nitrogens with one attached hydrogen (secondary N) is 1. The number of hydrogen-bond donors (Lipinski definition) is 4. The van der Waals surface area contributed by atoms with Crippen molar-refractivity contribution >= 4 is 23.7 Å². The Labute approximate surface area is 351 Å². The predicted molar refractivity (Wildman–Crippen MR) is 217 cm³/mol. The molecule has 0 saturated carbocycles. The molecule has 60 heavy (non-hydrogen) atoms. The van der Waals surface area contributed by atoms with Gasteiger partial charge in [0.15, 0.2) is 17.7 Å². The number of carbonyl (C=O) groups excluding carboxylic acids is 3. The van der Waals surface area contributed by atoms with E-state index in [2.05, 4.69) is 20.6 Å². The van der Waals surface area contributed by atoms with Crippen LogP contribution in [0.2, 0.25) is 0 Å². The Morgan fingerprint density at radius 1 is 1.05 bits per heavy atom. The fourth-order valence-corrected chi connectivity index (χ4v) is 9.36. The number of cyclic esters (lactones) is 1. The van der Waals surface area contributed by atoms with Gasteiger partial charge in [-0.25, -0.2) is 19.0 Å². The molecule has 3 fully saturated rings. The van der Waals surface area contributed by atoms with Crippen molar-refractivity contribution in [2.75, 3.05) is 33.5 Å². The number of likely N-dealkylation sites (N-methyl/N-ethyl adjacent to an activating group) is 1. The van der Waals surface area contributed by atoms with Crippen LogP contribution in [0, 0.1) is 5.92 Å². The summed E-state index contributed by atoms with van der Waals surface area (Å²) in [5.41, 5.74) is 1.02. The maximum absolute atomic E-state index is 16.9. The van der Waals surface area contributed by atoms with Gasteiger partial charge in [0.05, 0.1) is 47.9 Å². The number of ether oxygens (including phenoxy) is 5. The lowest BCUT2D eigenvalue weighted by atomic mass is 9.78. The van der Waals surface area contributed by atoms with Crippen LogP contribution in [0.25, 0.3) is 11.4 Å². The molecule has 5 N–H and O–H groups in total. The van der Waals surface area contributed by atoms with Gasteiger partial charge in [0.25, 0.3) is 5.67 Å². The van der Waals surface area contributed by atoms with Crippen molar-refractivity contribution in [3.05, 3.63) is 24.4 Å². The first kappa shape index (κ1) is 47.2. The number of carbonyl (C=O) groups is 3. The van der Waals surface area contributed by atoms with Crippen LogP contribution in [0.3, 0.4) is 0 Å². The number of alkyl halides is 1. The molecule has 0 aliphatic carbocycles. The zero-order chi connectivity index (χ0) is 44.5. The fraction of sp³-hybridized carbons (Fsp3) is 0.756. The van der Waals surface area contributed by atoms with Gasteiger partial charge in [-0.15, -0.1) is 5.10 Å². The minimum atomic E-state index is -3.18. The van der Waals surface area contributed by atoms with Crippen LogP contribution in [-0.2, 0) is 39.8 Å². The van der Waals surface area contributed by atoms with E-state index in [-0.39, 0.29) is 25.4 Å². The number of pyridine rings is 1. The summed E-state index contributed by atoms with van der Waals surface area (Å²) < 4.78 is 49.1. The Hall–Kier alpha value is -3.85. The van der Waals surface area contributed by atoms with Crippen molar-refractivity contribution in [1.29, 1.82) is 0 Å². The number of amides is 1. The number of aryl methyl sites for hydroxylation is 1. The molecular weight excluding hydrogens is 783 g/mol. The summed E-state index contributed by atoms with van der Waals surface area (Å²) in [5.74, 6) is -3.55. The Morgan fingerprint density at radius 3 is 2.37 bits per heavy atom. The molecule has 3 aliphatic rings. The summed E-state index contributed by atoms with van der Waals surface area (Å²) in [4.78, 5) is 49.5. The van der Waals surface area contributed by atoms with E-state index < -0.39 is 95.6 Å². The van der Waals surface area contributed by atoms with E-state index in [1.165, 1.54) is 14.0 Å². The third kappa shape index (κ3) is 9.46. The number of rotatable bonds is 11. The van der Waals surface area contributed by atoms with E-state index in [0.29, 0.717) is 36.6 Å². The zero-order valence-corrected chi connectivity index (χ0v) is 36.7. The number of fused-ring (bicyclic) bond motifs is 1. The summed E-state index contributed by atoms with van der Waals surface area (Å²) in [6.07, 6.45) is -4.38. The number of nitrogens with zero attached hydrogens (tertiary/aromatic N) is 6. The summed E-state index contributed by atoms with van der Waals surface area (Å²) in [6.45, 7) is 13.6. The Kier molecular flexibility index (Phi) is 14.7. The molecule has 3 aliphatic heterocycles. The molecule has 336 valence electrons. The first-order valence-electron chi connectivity index (χ1n) is 20.8. The molecule has 19 heteroatoms. The third-order valence-electron chi connectivity index (χ3n) is 12.5. The highest BCUT2D eigenvalue weighted by molar-refractivity contribution is 6.07. The van der Waals surface area contributed by atoms with Crippen molar-refractivity contribution in [1.82, 2.24) is 35.1 Å². The first-order chi connectivity index (χ1) is 28.1. The summed E-state index contributed by atoms with van der Waals surface area (Å²) in [6, 6.07) is 2.88. The van der Waals surface area contributed by atoms with Gasteiger partial charge in [-0.2, -0.15) is 0 Å². The number of halogens is 1. The van der Waals surface area contributed by atoms with Crippen molar-refractivity contribution in [2.24, 2.45) is 5.92 Å². The molecular formula is C41H65FN8O10. The van der Waals surface area contributed by atoms with Crippen LogP contribution in [0.4, 0.5) is 15.0 Å². The minimum Gasteiger partial charge on any atom is -0.455 e. The van der Waals surface area contributed by atoms with Crippen molar-refractivity contribution in [3.8, 4) is 11.4 Å². The van der Waals surface area contributed by atoms with Crippen LogP contribution in [-0.4, -0.2) is 163 Å². The van der Waals surface area contributed by atoms with Crippen LogP contribution in [0.1, 0.15) is 81.1 Å². The van der Waals surface area contributed by atoms with Gasteiger partial charge >= 0.3 is 12.1 Å². The van der Waals surface area contributed by atoms with Crippen molar-refractivity contribution < 1.29 is 52.7 Å². The summed E-state index contributed by atoms with van der Waals surface area (Å²) in [7, 11) is 4.83. The maximum Gasteiger partial charge on any atom is 0.410 e. The number of nitrogens with two attached hydrogens (primary N) is 1. The van der Waals surface area contributed by atoms with Gasteiger partial charge < -0.3 is 49.8 Å². The molecule has 0 unspecified atom stereocenters. The van der Waals surface area contributed by atoms with E-state index in [9.17, 15) is 24.6 Å². The van der Waals surface area contributed by atoms with Crippen LogP contribution < -0.4 is 11.1 Å². The van der Waals surface area contributed by atoms with Crippen LogP contribution in [0.15, 0.2) is 24.4 Å². The summed E-state index contributed by atoms with van der Waals surface area (Å²) >= 11 is 0. The lowest BCUT2D eigenvalue weighted by molar-refractivity contribution is -0.313. The van der Waals surface area contributed by atoms with Crippen LogP contribution in [0.5, 0.6) is 0 Å². The second-order valence-electron chi connectivity index (χ2n) is 17.4. The third-order valence-corrected chi connectivity index (χ3v) is 12.5. The molecule has 0 spiro atoms. The molecule has 2 aromatic heterocycles. The minimum absolute atomic E-state index is 0.139. The molecule has 1 amide bonds. The van der Waals surface area contributed by atoms with Gasteiger partial charge in [0.2, 0.25) is 0 Å². The topological polar surface area (TPSA) is 226 Å². The number of aliphatic hydroxyl groups excluding tert-OH is 2. The van der Waals surface area contributed by atoms with Gasteiger partial charge in [0.1, 0.15) is 23.7 Å². The van der Waals surface area contributed by atoms with Crippen LogP contribution >= 0.6 is 0 Å². The molecule has 14 atom stereocenters. The average molecular weight is 849 g/mol. The Bertz CT molecular complexity index is 1820. The number of Topliss-reactive ketones (excluding diaryl/α,β-unsaturated/α-hetero) is 1. The molecule has 2 aromatic rings. The quantitative estimate of drug-likeness (QED) is 0.145. The number of nitrogen functional groups attached to an aromatic ring is 1. The predicted octanol–water partition coefficient (Wildman–Crippen LogP) is 2.49. The Morgan fingerprint density at radius 2 is 1.73 bits per heavy atom. The SMILES string of the molecule is CC[C@H]1OC(=O)[C@@](C)(F)C(=O)[C@H](C)[C@@H](O[C@@H]2O[C@H](C)[C@@H](O)[C@H](N(C)C)[C@H]2O)[C@@](C)(OC)C[C@@H](C)N[C@H](C)[C@H]2N(CCCCn3cc(-c4cccc(N)n4)nn3)C(=O)O[C@]12C. The normalized spacial score (nSPS) is 38.4. The molecule has 5 rings (SSSR count). The first-order valence-corrected chi connectivity index (χ1v) is 20.8.